The van der Waals surface area contributed by atoms with E-state index in [-0.39, 0.29) is 7.92 Å². The van der Waals surface area contributed by atoms with E-state index in [4.69, 9.17) is 15.3 Å². The minimum Gasteiger partial charge on any atom is -0.261 e. The number of benzene rings is 2. The van der Waals surface area contributed by atoms with Crippen molar-refractivity contribution < 1.29 is 0 Å². The van der Waals surface area contributed by atoms with Gasteiger partial charge in [0.15, 0.2) is 0 Å². The van der Waals surface area contributed by atoms with Crippen LogP contribution in [0.25, 0.3) is 0 Å². The molecule has 7 nitrogen and oxygen atoms in total. The van der Waals surface area contributed by atoms with Crippen molar-refractivity contribution in [2.24, 2.45) is 0 Å². The van der Waals surface area contributed by atoms with E-state index in [0.717, 1.165) is 46.4 Å². The lowest BCUT2D eigenvalue weighted by molar-refractivity contribution is 0.140. The van der Waals surface area contributed by atoms with Crippen molar-refractivity contribution in [2.45, 2.75) is 60.7 Å². The summed E-state index contributed by atoms with van der Waals surface area (Å²) in [6.45, 7) is 14.3. The number of aryl methyl sites for hydroxylation is 7. The van der Waals surface area contributed by atoms with Gasteiger partial charge in [0.05, 0.1) is 17.1 Å². The van der Waals surface area contributed by atoms with Crippen LogP contribution in [0.3, 0.4) is 0 Å². The molecule has 0 aliphatic carbocycles. The van der Waals surface area contributed by atoms with Gasteiger partial charge in [0.2, 0.25) is 5.79 Å². The highest BCUT2D eigenvalue weighted by atomic mass is 31.1. The zero-order chi connectivity index (χ0) is 31.3. The largest absolute Gasteiger partial charge is 0.261 e. The predicted molar refractivity (Wildman–Crippen MR) is 181 cm³/mol. The molecule has 2 aromatic carbocycles. The lowest BCUT2D eigenvalue weighted by Gasteiger charge is -2.31. The van der Waals surface area contributed by atoms with Gasteiger partial charge in [-0.05, 0) is 101 Å². The molecule has 8 heteroatoms. The fourth-order valence-electron chi connectivity index (χ4n) is 5.00. The van der Waals surface area contributed by atoms with Gasteiger partial charge in [0.1, 0.15) is 0 Å². The molecule has 6 rings (SSSR count). The molecular formula is C36H42N7P. The molecule has 4 aromatic heterocycles. The van der Waals surface area contributed by atoms with Crippen molar-refractivity contribution in [3.63, 3.8) is 0 Å². The summed E-state index contributed by atoms with van der Waals surface area (Å²) in [6.07, 6.45) is 10.2. The minimum absolute atomic E-state index is 0.315. The third-order valence-corrected chi connectivity index (χ3v) is 10.7. The van der Waals surface area contributed by atoms with Gasteiger partial charge in [-0.1, -0.05) is 66.7 Å². The Morgan fingerprint density at radius 2 is 0.977 bits per heavy atom. The van der Waals surface area contributed by atoms with Crippen LogP contribution in [-0.4, -0.2) is 40.5 Å². The highest BCUT2D eigenvalue weighted by Crippen LogP contribution is 2.34. The van der Waals surface area contributed by atoms with Gasteiger partial charge in [-0.15, -0.1) is 0 Å². The number of hydrogen-bond donors (Lipinski definition) is 0. The average molecular weight is 604 g/mol. The molecule has 0 aliphatic rings. The van der Waals surface area contributed by atoms with Crippen LogP contribution >= 0.6 is 7.92 Å². The average Bonchev–Trinajstić information content (AvgIpc) is 3.69. The normalized spacial score (nSPS) is 11.5. The Morgan fingerprint density at radius 3 is 1.32 bits per heavy atom. The van der Waals surface area contributed by atoms with Crippen molar-refractivity contribution in [3.8, 4) is 0 Å². The quantitative estimate of drug-likeness (QED) is 0.184. The highest BCUT2D eigenvalue weighted by molar-refractivity contribution is 7.73. The summed E-state index contributed by atoms with van der Waals surface area (Å²) in [7, 11) is -0.315. The van der Waals surface area contributed by atoms with Gasteiger partial charge in [-0.25, -0.2) is 14.0 Å². The third-order valence-electron chi connectivity index (χ3n) is 8.19. The van der Waals surface area contributed by atoms with Gasteiger partial charge in [0.25, 0.3) is 0 Å². The van der Waals surface area contributed by atoms with Gasteiger partial charge in [-0.2, -0.15) is 15.3 Å². The molecule has 0 fully saturated rings. The fraction of sp³-hybridized carbons (Fsp3) is 0.278. The van der Waals surface area contributed by atoms with Crippen molar-refractivity contribution in [1.29, 1.82) is 0 Å². The number of rotatable bonds is 8. The summed E-state index contributed by atoms with van der Waals surface area (Å²) in [4.78, 5) is 4.45. The number of hydrogen-bond acceptors (Lipinski definition) is 4. The van der Waals surface area contributed by atoms with Crippen molar-refractivity contribution in [1.82, 2.24) is 34.3 Å². The zero-order valence-corrected chi connectivity index (χ0v) is 27.7. The maximum Gasteiger partial charge on any atom is 0.245 e. The molecule has 0 saturated heterocycles. The highest BCUT2D eigenvalue weighted by Gasteiger charge is 2.35. The molecule has 44 heavy (non-hydrogen) atoms. The van der Waals surface area contributed by atoms with E-state index < -0.39 is 5.79 Å². The van der Waals surface area contributed by atoms with Crippen LogP contribution in [0.5, 0.6) is 0 Å². The molecular weight excluding hydrogens is 561 g/mol. The standard InChI is InChI=1S/C19H18NP.C17H24N6/c1-3-10-18(11-4-1)21(19-12-5-2-6-13-19)16-14-17-9-7-8-15-20-17;1-11-8-21(18-14(11)4)17(7,22-9-12(2)15(5)19-22)23-10-13(3)16(6)20-23/h1-13,15H,14,16H2;8-10H,1-7H3. The lowest BCUT2D eigenvalue weighted by Crippen LogP contribution is -2.46. The van der Waals surface area contributed by atoms with E-state index in [1.54, 1.807) is 0 Å². The zero-order valence-electron chi connectivity index (χ0n) is 26.8. The molecule has 226 valence electrons. The van der Waals surface area contributed by atoms with E-state index >= 15 is 0 Å². The first-order valence-corrected chi connectivity index (χ1v) is 16.6. The van der Waals surface area contributed by atoms with Crippen LogP contribution in [0, 0.1) is 41.5 Å². The van der Waals surface area contributed by atoms with E-state index in [1.807, 2.05) is 65.7 Å². The Kier molecular flexibility index (Phi) is 9.55. The number of pyridine rings is 1. The second-order valence-electron chi connectivity index (χ2n) is 11.4. The number of aromatic nitrogens is 7. The van der Waals surface area contributed by atoms with Gasteiger partial charge in [0, 0.05) is 37.4 Å². The van der Waals surface area contributed by atoms with Crippen molar-refractivity contribution in [3.05, 3.63) is 143 Å². The Hall–Kier alpha value is -4.35. The first-order valence-electron chi connectivity index (χ1n) is 15.0. The molecule has 0 radical (unpaired) electrons. The molecule has 0 amide bonds. The third kappa shape index (κ3) is 6.74. The van der Waals surface area contributed by atoms with Crippen molar-refractivity contribution in [2.75, 3.05) is 6.16 Å². The van der Waals surface area contributed by atoms with Gasteiger partial charge >= 0.3 is 0 Å². The van der Waals surface area contributed by atoms with Crippen LogP contribution in [0.1, 0.15) is 46.4 Å². The first-order chi connectivity index (χ1) is 21.2. The molecule has 6 aromatic rings. The summed E-state index contributed by atoms with van der Waals surface area (Å²) in [5.74, 6) is -0.670. The maximum atomic E-state index is 4.71. The smallest absolute Gasteiger partial charge is 0.245 e. The SMILES string of the molecule is Cc1cn(C(C)(n2cc(C)c(C)n2)n2cc(C)c(C)n2)nc1C.c1ccc(P(CCc2ccccn2)c2ccccc2)cc1. The Morgan fingerprint density at radius 1 is 0.568 bits per heavy atom. The summed E-state index contributed by atoms with van der Waals surface area (Å²) in [6, 6.07) is 27.8. The molecule has 0 bridgehead atoms. The monoisotopic (exact) mass is 603 g/mol. The molecule has 0 aliphatic heterocycles. The van der Waals surface area contributed by atoms with Gasteiger partial charge < -0.3 is 0 Å². The minimum atomic E-state index is -0.670. The fourth-order valence-corrected chi connectivity index (χ4v) is 7.33. The van der Waals surface area contributed by atoms with E-state index in [2.05, 4.69) is 105 Å². The van der Waals surface area contributed by atoms with Crippen LogP contribution in [0.2, 0.25) is 0 Å². The Bertz CT molecular complexity index is 1580. The first kappa shape index (κ1) is 31.1. The van der Waals surface area contributed by atoms with Crippen LogP contribution in [0.15, 0.2) is 104 Å². The summed E-state index contributed by atoms with van der Waals surface area (Å²) in [5, 5.41) is 17.0. The van der Waals surface area contributed by atoms with E-state index in [0.29, 0.717) is 0 Å². The van der Waals surface area contributed by atoms with E-state index in [9.17, 15) is 0 Å². The summed E-state index contributed by atoms with van der Waals surface area (Å²) in [5.41, 5.74) is 7.66. The molecule has 0 spiro atoms. The molecule has 0 atom stereocenters. The Balaban J connectivity index is 0.000000175. The lowest BCUT2D eigenvalue weighted by atomic mass is 10.3. The predicted octanol–water partition coefficient (Wildman–Crippen LogP) is 6.61. The second-order valence-corrected chi connectivity index (χ2v) is 13.7. The number of nitrogens with zero attached hydrogens (tertiary/aromatic N) is 7. The van der Waals surface area contributed by atoms with Crippen LogP contribution < -0.4 is 10.6 Å². The van der Waals surface area contributed by atoms with Crippen LogP contribution in [-0.2, 0) is 12.2 Å². The van der Waals surface area contributed by atoms with Gasteiger partial charge in [-0.3, -0.25) is 4.98 Å². The van der Waals surface area contributed by atoms with E-state index in [1.165, 1.54) is 16.3 Å². The molecule has 0 saturated carbocycles. The Labute approximate surface area is 262 Å². The molecule has 0 unspecified atom stereocenters. The maximum absolute atomic E-state index is 4.71. The van der Waals surface area contributed by atoms with Crippen molar-refractivity contribution >= 4 is 18.5 Å². The summed E-state index contributed by atoms with van der Waals surface area (Å²) < 4.78 is 5.82. The second kappa shape index (κ2) is 13.5. The van der Waals surface area contributed by atoms with Crippen LogP contribution in [0.4, 0.5) is 0 Å². The molecule has 0 N–H and O–H groups in total. The summed E-state index contributed by atoms with van der Waals surface area (Å²) >= 11 is 0. The molecule has 4 heterocycles. The topological polar surface area (TPSA) is 66.3 Å².